The first kappa shape index (κ1) is 16.8. The van der Waals surface area contributed by atoms with Crippen molar-refractivity contribution < 1.29 is 14.0 Å². The smallest absolute Gasteiger partial charge is 0.270 e. The molecule has 2 N–H and O–H groups in total. The van der Waals surface area contributed by atoms with E-state index in [0.29, 0.717) is 18.0 Å². The summed E-state index contributed by atoms with van der Waals surface area (Å²) in [5.74, 6) is 0.717. The minimum Gasteiger partial charge on any atom is -0.464 e. The van der Waals surface area contributed by atoms with Crippen molar-refractivity contribution in [1.82, 2.24) is 4.90 Å². The Hall–Kier alpha value is -3.09. The summed E-state index contributed by atoms with van der Waals surface area (Å²) < 4.78 is 5.50. The first-order valence-electron chi connectivity index (χ1n) is 7.97. The zero-order valence-corrected chi connectivity index (χ0v) is 14.2. The number of rotatable bonds is 5. The highest BCUT2D eigenvalue weighted by atomic mass is 16.3. The maximum Gasteiger partial charge on any atom is 0.270 e. The predicted molar refractivity (Wildman–Crippen MR) is 93.9 cm³/mol. The van der Waals surface area contributed by atoms with Gasteiger partial charge in [0.2, 0.25) is 5.91 Å². The lowest BCUT2D eigenvalue weighted by molar-refractivity contribution is -0.123. The second-order valence-corrected chi connectivity index (χ2v) is 6.02. The van der Waals surface area contributed by atoms with Crippen molar-refractivity contribution >= 4 is 23.2 Å². The molecule has 2 heterocycles. The molecule has 0 saturated heterocycles. The standard InChI is InChI=1S/C18H20N4O3/c1-12-8-9-14(25-12)11-21(2)18(24)15-10-16(17(19)23)22(20-15)13-6-4-3-5-7-13/h3-9,16H,10-11H2,1-2H3,(H2,19,23). The van der Waals surface area contributed by atoms with E-state index in [2.05, 4.69) is 5.10 Å². The highest BCUT2D eigenvalue weighted by molar-refractivity contribution is 6.40. The van der Waals surface area contributed by atoms with Crippen molar-refractivity contribution in [2.45, 2.75) is 25.9 Å². The summed E-state index contributed by atoms with van der Waals surface area (Å²) in [6.07, 6.45) is 0.185. The molecule has 2 aromatic rings. The van der Waals surface area contributed by atoms with Gasteiger partial charge in [0.15, 0.2) is 0 Å². The third-order valence-electron chi connectivity index (χ3n) is 4.04. The minimum atomic E-state index is -0.666. The van der Waals surface area contributed by atoms with Crippen LogP contribution in [0.5, 0.6) is 0 Å². The number of aryl methyl sites for hydroxylation is 1. The van der Waals surface area contributed by atoms with Crippen LogP contribution in [0.2, 0.25) is 0 Å². The van der Waals surface area contributed by atoms with E-state index >= 15 is 0 Å². The van der Waals surface area contributed by atoms with Crippen molar-refractivity contribution in [1.29, 1.82) is 0 Å². The zero-order valence-electron chi connectivity index (χ0n) is 14.2. The fourth-order valence-electron chi connectivity index (χ4n) is 2.78. The molecule has 3 rings (SSSR count). The van der Waals surface area contributed by atoms with Gasteiger partial charge in [-0.05, 0) is 31.2 Å². The van der Waals surface area contributed by atoms with Gasteiger partial charge >= 0.3 is 0 Å². The van der Waals surface area contributed by atoms with Crippen molar-refractivity contribution in [2.75, 3.05) is 12.1 Å². The number of carbonyl (C=O) groups is 2. The molecule has 1 unspecified atom stereocenters. The van der Waals surface area contributed by atoms with Crippen LogP contribution in [0.4, 0.5) is 5.69 Å². The normalized spacial score (nSPS) is 16.6. The summed E-state index contributed by atoms with van der Waals surface area (Å²) in [5.41, 5.74) is 6.52. The van der Waals surface area contributed by atoms with E-state index in [0.717, 1.165) is 11.4 Å². The van der Waals surface area contributed by atoms with Gasteiger partial charge in [0.05, 0.1) is 12.2 Å². The first-order chi connectivity index (χ1) is 12.0. The summed E-state index contributed by atoms with van der Waals surface area (Å²) in [7, 11) is 1.67. The van der Waals surface area contributed by atoms with E-state index in [4.69, 9.17) is 10.2 Å². The van der Waals surface area contributed by atoms with Gasteiger partial charge in [0.25, 0.3) is 5.91 Å². The van der Waals surface area contributed by atoms with Crippen LogP contribution < -0.4 is 10.7 Å². The monoisotopic (exact) mass is 340 g/mol. The number of para-hydroxylation sites is 1. The van der Waals surface area contributed by atoms with Crippen LogP contribution in [0.25, 0.3) is 0 Å². The van der Waals surface area contributed by atoms with Crippen molar-refractivity contribution in [3.05, 3.63) is 54.0 Å². The third kappa shape index (κ3) is 3.55. The van der Waals surface area contributed by atoms with Gasteiger partial charge in [0, 0.05) is 13.5 Å². The fraction of sp³-hybridized carbons (Fsp3) is 0.278. The van der Waals surface area contributed by atoms with E-state index in [9.17, 15) is 9.59 Å². The number of hydrazone groups is 1. The molecule has 0 saturated carbocycles. The molecule has 7 nitrogen and oxygen atoms in total. The van der Waals surface area contributed by atoms with Gasteiger partial charge in [-0.3, -0.25) is 14.6 Å². The van der Waals surface area contributed by atoms with Gasteiger partial charge < -0.3 is 15.1 Å². The highest BCUT2D eigenvalue weighted by Gasteiger charge is 2.35. The number of anilines is 1. The van der Waals surface area contributed by atoms with Crippen LogP contribution in [0.3, 0.4) is 0 Å². The van der Waals surface area contributed by atoms with Gasteiger partial charge in [-0.25, -0.2) is 0 Å². The van der Waals surface area contributed by atoms with Crippen molar-refractivity contribution in [3.63, 3.8) is 0 Å². The van der Waals surface area contributed by atoms with Gasteiger partial charge in [0.1, 0.15) is 23.3 Å². The van der Waals surface area contributed by atoms with Gasteiger partial charge in [-0.1, -0.05) is 18.2 Å². The number of furan rings is 1. The molecule has 1 aliphatic heterocycles. The lowest BCUT2D eigenvalue weighted by atomic mass is 10.1. The molecule has 1 aliphatic rings. The summed E-state index contributed by atoms with van der Waals surface area (Å²) >= 11 is 0. The molecule has 0 radical (unpaired) electrons. The number of hydrogen-bond donors (Lipinski definition) is 1. The maximum atomic E-state index is 12.7. The Morgan fingerprint density at radius 1 is 1.28 bits per heavy atom. The van der Waals surface area contributed by atoms with E-state index in [1.54, 1.807) is 7.05 Å². The molecule has 1 aromatic heterocycles. The molecule has 1 aromatic carbocycles. The number of amides is 2. The van der Waals surface area contributed by atoms with E-state index in [-0.39, 0.29) is 12.3 Å². The topological polar surface area (TPSA) is 92.1 Å². The van der Waals surface area contributed by atoms with E-state index in [1.807, 2.05) is 49.4 Å². The first-order valence-corrected chi connectivity index (χ1v) is 7.97. The Morgan fingerprint density at radius 3 is 2.60 bits per heavy atom. The minimum absolute atomic E-state index is 0.185. The average molecular weight is 340 g/mol. The summed E-state index contributed by atoms with van der Waals surface area (Å²) in [6.45, 7) is 2.18. The second-order valence-electron chi connectivity index (χ2n) is 6.02. The van der Waals surface area contributed by atoms with Crippen LogP contribution in [-0.2, 0) is 16.1 Å². The third-order valence-corrected chi connectivity index (χ3v) is 4.04. The fourth-order valence-corrected chi connectivity index (χ4v) is 2.78. The van der Waals surface area contributed by atoms with E-state index in [1.165, 1.54) is 9.91 Å². The SMILES string of the molecule is Cc1ccc(CN(C)C(=O)C2=NN(c3ccccc3)C(C(N)=O)C2)o1. The highest BCUT2D eigenvalue weighted by Crippen LogP contribution is 2.25. The van der Waals surface area contributed by atoms with Crippen LogP contribution in [0.15, 0.2) is 52.0 Å². The number of benzene rings is 1. The molecule has 25 heavy (non-hydrogen) atoms. The zero-order chi connectivity index (χ0) is 18.0. The maximum absolute atomic E-state index is 12.7. The Labute approximate surface area is 145 Å². The Morgan fingerprint density at radius 2 is 2.00 bits per heavy atom. The number of nitrogens with zero attached hydrogens (tertiary/aromatic N) is 3. The summed E-state index contributed by atoms with van der Waals surface area (Å²) in [4.78, 5) is 26.0. The Balaban J connectivity index is 1.78. The Kier molecular flexibility index (Phi) is 4.56. The lowest BCUT2D eigenvalue weighted by Crippen LogP contribution is -2.40. The quantitative estimate of drug-likeness (QED) is 0.896. The molecular weight excluding hydrogens is 320 g/mol. The predicted octanol–water partition coefficient (Wildman–Crippen LogP) is 1.67. The summed E-state index contributed by atoms with van der Waals surface area (Å²) in [6, 6.07) is 12.2. The number of nitrogens with two attached hydrogens (primary N) is 1. The molecule has 130 valence electrons. The van der Waals surface area contributed by atoms with E-state index < -0.39 is 11.9 Å². The van der Waals surface area contributed by atoms with Crippen LogP contribution in [-0.4, -0.2) is 35.5 Å². The summed E-state index contributed by atoms with van der Waals surface area (Å²) in [5, 5.41) is 5.87. The molecule has 2 amide bonds. The Bertz CT molecular complexity index is 813. The van der Waals surface area contributed by atoms with Crippen LogP contribution >= 0.6 is 0 Å². The molecule has 1 atom stereocenters. The largest absolute Gasteiger partial charge is 0.464 e. The molecule has 7 heteroatoms. The van der Waals surface area contributed by atoms with Crippen LogP contribution in [0, 0.1) is 6.92 Å². The molecular formula is C18H20N4O3. The van der Waals surface area contributed by atoms with Gasteiger partial charge in [-0.15, -0.1) is 0 Å². The number of hydrogen-bond acceptors (Lipinski definition) is 5. The van der Waals surface area contributed by atoms with Crippen molar-refractivity contribution in [3.8, 4) is 0 Å². The number of carbonyl (C=O) groups excluding carboxylic acids is 2. The molecule has 0 bridgehead atoms. The number of primary amides is 1. The molecule has 0 fully saturated rings. The average Bonchev–Trinajstić information content (AvgIpc) is 3.21. The van der Waals surface area contributed by atoms with Crippen molar-refractivity contribution in [2.24, 2.45) is 10.8 Å². The molecule has 0 spiro atoms. The molecule has 0 aliphatic carbocycles. The second kappa shape index (κ2) is 6.80. The van der Waals surface area contributed by atoms with Crippen LogP contribution in [0.1, 0.15) is 17.9 Å². The van der Waals surface area contributed by atoms with Gasteiger partial charge in [-0.2, -0.15) is 5.10 Å². The lowest BCUT2D eigenvalue weighted by Gasteiger charge is -2.20.